The number of hydrogen-bond acceptors (Lipinski definition) is 6. The topological polar surface area (TPSA) is 85.3 Å². The lowest BCUT2D eigenvalue weighted by Gasteiger charge is -2.30. The van der Waals surface area contributed by atoms with Gasteiger partial charge in [-0.05, 0) is 37.5 Å². The van der Waals surface area contributed by atoms with E-state index in [1.54, 1.807) is 0 Å². The van der Waals surface area contributed by atoms with Crippen LogP contribution in [0.15, 0.2) is 18.2 Å². The molecule has 0 aliphatic heterocycles. The minimum atomic E-state index is -3.90. The molecule has 1 aromatic carbocycles. The fraction of sp³-hybridized carbons (Fsp3) is 0.793. The molecule has 0 unspecified atom stereocenters. The summed E-state index contributed by atoms with van der Waals surface area (Å²) in [5, 5.41) is 0. The molecule has 10 heteroatoms. The van der Waals surface area contributed by atoms with Crippen LogP contribution >= 0.6 is 0 Å². The normalized spacial score (nSPS) is 12.7. The number of rotatable bonds is 23. The average molecular weight is 576 g/mol. The molecule has 0 aromatic heterocycles. The standard InChI is InChI=1S/C29H56N3O6S/c1-8-9-15-31(4,5)17-21-36-19-13-30(29-26-27(2)11-12-28(29)3)14-20-37-23-24-38-22-18-32(6,7)16-10-25-39(33,34)35/h11-12,26H,8-10,13-25H2,1-7H3/q+1/p+1. The van der Waals surface area contributed by atoms with Gasteiger partial charge in [0, 0.05) is 25.2 Å². The number of hydrogen-bond donors (Lipinski definition) is 1. The minimum absolute atomic E-state index is 0.203. The van der Waals surface area contributed by atoms with Crippen LogP contribution in [0.2, 0.25) is 0 Å². The molecule has 0 aliphatic carbocycles. The van der Waals surface area contributed by atoms with E-state index in [-0.39, 0.29) is 5.75 Å². The molecule has 0 bridgehead atoms. The zero-order valence-corrected chi connectivity index (χ0v) is 26.6. The molecule has 1 N–H and O–H groups in total. The molecule has 39 heavy (non-hydrogen) atoms. The van der Waals surface area contributed by atoms with E-state index in [9.17, 15) is 8.42 Å². The number of aryl methyl sites for hydroxylation is 2. The first-order chi connectivity index (χ1) is 18.2. The molecule has 0 aliphatic rings. The first kappa shape index (κ1) is 35.8. The van der Waals surface area contributed by atoms with Crippen molar-refractivity contribution in [1.29, 1.82) is 0 Å². The molecule has 0 spiro atoms. The zero-order valence-electron chi connectivity index (χ0n) is 25.8. The molecule has 1 rings (SSSR count). The van der Waals surface area contributed by atoms with Crippen molar-refractivity contribution >= 4 is 15.8 Å². The Hall–Kier alpha value is -1.27. The summed E-state index contributed by atoms with van der Waals surface area (Å²) in [5.74, 6) is -0.203. The van der Waals surface area contributed by atoms with Gasteiger partial charge in [0.05, 0.1) is 86.7 Å². The fourth-order valence-electron chi connectivity index (χ4n) is 4.29. The molecule has 1 aromatic rings. The molecule has 0 amide bonds. The Kier molecular flexibility index (Phi) is 16.7. The molecule has 0 saturated carbocycles. The van der Waals surface area contributed by atoms with Crippen LogP contribution in [-0.2, 0) is 24.3 Å². The van der Waals surface area contributed by atoms with Crippen LogP contribution in [0.25, 0.3) is 0 Å². The highest BCUT2D eigenvalue weighted by Gasteiger charge is 2.17. The summed E-state index contributed by atoms with van der Waals surface area (Å²) >= 11 is 0. The van der Waals surface area contributed by atoms with Gasteiger partial charge < -0.3 is 28.1 Å². The van der Waals surface area contributed by atoms with Crippen molar-refractivity contribution in [2.24, 2.45) is 0 Å². The van der Waals surface area contributed by atoms with Gasteiger partial charge in [0.2, 0.25) is 0 Å². The van der Waals surface area contributed by atoms with E-state index >= 15 is 0 Å². The quantitative estimate of drug-likeness (QED) is 0.122. The zero-order chi connectivity index (χ0) is 29.4. The smallest absolute Gasteiger partial charge is 0.265 e. The third-order valence-electron chi connectivity index (χ3n) is 7.05. The predicted octanol–water partition coefficient (Wildman–Crippen LogP) is 3.39. The molecular weight excluding hydrogens is 518 g/mol. The Bertz CT molecular complexity index is 908. The van der Waals surface area contributed by atoms with Crippen molar-refractivity contribution in [3.63, 3.8) is 0 Å². The monoisotopic (exact) mass is 575 g/mol. The van der Waals surface area contributed by atoms with Gasteiger partial charge in [0.15, 0.2) is 0 Å². The van der Waals surface area contributed by atoms with Gasteiger partial charge in [-0.15, -0.1) is 0 Å². The second kappa shape index (κ2) is 18.2. The fourth-order valence-corrected chi connectivity index (χ4v) is 4.79. The highest BCUT2D eigenvalue weighted by molar-refractivity contribution is 7.85. The van der Waals surface area contributed by atoms with E-state index in [0.29, 0.717) is 50.5 Å². The average Bonchev–Trinajstić information content (AvgIpc) is 2.83. The highest BCUT2D eigenvalue weighted by Crippen LogP contribution is 2.21. The maximum atomic E-state index is 10.9. The maximum Gasteiger partial charge on any atom is 0.265 e. The van der Waals surface area contributed by atoms with E-state index in [1.165, 1.54) is 36.2 Å². The number of nitrogens with zero attached hydrogens (tertiary/aromatic N) is 3. The Morgan fingerprint density at radius 3 is 1.82 bits per heavy atom. The molecular formula is C29H57N3O6S+2. The third-order valence-corrected chi connectivity index (χ3v) is 7.86. The van der Waals surface area contributed by atoms with Gasteiger partial charge in [-0.2, -0.15) is 8.42 Å². The van der Waals surface area contributed by atoms with Crippen molar-refractivity contribution in [3.8, 4) is 0 Å². The molecule has 0 radical (unpaired) electrons. The molecule has 228 valence electrons. The van der Waals surface area contributed by atoms with Crippen LogP contribution < -0.4 is 4.90 Å². The van der Waals surface area contributed by atoms with Crippen LogP contribution in [0.3, 0.4) is 0 Å². The lowest BCUT2D eigenvalue weighted by atomic mass is 10.1. The number of anilines is 1. The van der Waals surface area contributed by atoms with Gasteiger partial charge >= 0.3 is 0 Å². The lowest BCUT2D eigenvalue weighted by molar-refractivity contribution is -0.890. The lowest BCUT2D eigenvalue weighted by Crippen LogP contribution is -2.43. The van der Waals surface area contributed by atoms with Crippen LogP contribution in [0, 0.1) is 13.8 Å². The van der Waals surface area contributed by atoms with Crippen molar-refractivity contribution in [3.05, 3.63) is 29.3 Å². The number of quaternary nitrogens is 2. The summed E-state index contributed by atoms with van der Waals surface area (Å²) < 4.78 is 50.0. The van der Waals surface area contributed by atoms with E-state index in [2.05, 4.69) is 58.0 Å². The van der Waals surface area contributed by atoms with Gasteiger partial charge in [-0.1, -0.05) is 25.5 Å². The molecule has 0 saturated heterocycles. The third kappa shape index (κ3) is 17.9. The first-order valence-electron chi connectivity index (χ1n) is 14.4. The van der Waals surface area contributed by atoms with Crippen molar-refractivity contribution < 1.29 is 36.1 Å². The summed E-state index contributed by atoms with van der Waals surface area (Å²) in [6.07, 6.45) is 2.89. The Morgan fingerprint density at radius 2 is 1.28 bits per heavy atom. The van der Waals surface area contributed by atoms with Crippen molar-refractivity contribution in [2.45, 2.75) is 40.0 Å². The molecule has 0 fully saturated rings. The Labute approximate surface area is 238 Å². The minimum Gasteiger partial charge on any atom is -0.377 e. The summed E-state index contributed by atoms with van der Waals surface area (Å²) in [7, 11) is 4.71. The SMILES string of the molecule is CCCC[N+](C)(C)CCOCCN(CCOCCOCC[N+](C)(C)CCCS(=O)(=O)O)c1cc(C)ccc1C. The molecule has 0 atom stereocenters. The summed E-state index contributed by atoms with van der Waals surface area (Å²) in [5.41, 5.74) is 3.72. The number of ether oxygens (including phenoxy) is 3. The van der Waals surface area contributed by atoms with E-state index in [1.807, 2.05) is 14.1 Å². The van der Waals surface area contributed by atoms with Crippen LogP contribution in [0.4, 0.5) is 5.69 Å². The summed E-state index contributed by atoms with van der Waals surface area (Å²) in [4.78, 5) is 2.35. The summed E-state index contributed by atoms with van der Waals surface area (Å²) in [6.45, 7) is 15.4. The number of benzene rings is 1. The van der Waals surface area contributed by atoms with Gasteiger partial charge in [0.1, 0.15) is 13.1 Å². The van der Waals surface area contributed by atoms with Gasteiger partial charge in [-0.25, -0.2) is 0 Å². The largest absolute Gasteiger partial charge is 0.377 e. The first-order valence-corrected chi connectivity index (χ1v) is 16.0. The molecule has 9 nitrogen and oxygen atoms in total. The van der Waals surface area contributed by atoms with Gasteiger partial charge in [0.25, 0.3) is 10.1 Å². The van der Waals surface area contributed by atoms with Crippen molar-refractivity contribution in [2.75, 3.05) is 118 Å². The van der Waals surface area contributed by atoms with Crippen LogP contribution in [0.1, 0.15) is 37.3 Å². The second-order valence-corrected chi connectivity index (χ2v) is 13.4. The second-order valence-electron chi connectivity index (χ2n) is 11.9. The highest BCUT2D eigenvalue weighted by atomic mass is 32.2. The van der Waals surface area contributed by atoms with Crippen LogP contribution in [-0.4, -0.2) is 135 Å². The van der Waals surface area contributed by atoms with E-state index in [4.69, 9.17) is 18.8 Å². The molecule has 0 heterocycles. The summed E-state index contributed by atoms with van der Waals surface area (Å²) in [6, 6.07) is 6.55. The number of unbranched alkanes of at least 4 members (excludes halogenated alkanes) is 1. The van der Waals surface area contributed by atoms with Gasteiger partial charge in [-0.3, -0.25) is 4.55 Å². The van der Waals surface area contributed by atoms with Crippen molar-refractivity contribution in [1.82, 2.24) is 0 Å². The number of likely N-dealkylation sites (N-methyl/N-ethyl adjacent to an activating group) is 2. The van der Waals surface area contributed by atoms with Crippen LogP contribution in [0.5, 0.6) is 0 Å². The Morgan fingerprint density at radius 1 is 0.769 bits per heavy atom. The van der Waals surface area contributed by atoms with E-state index < -0.39 is 10.1 Å². The van der Waals surface area contributed by atoms with E-state index in [0.717, 1.165) is 37.3 Å². The predicted molar refractivity (Wildman–Crippen MR) is 160 cm³/mol. The Balaban J connectivity index is 2.38. The maximum absolute atomic E-state index is 10.9.